The minimum atomic E-state index is -0.783. The molecule has 348 valence electrons. The van der Waals surface area contributed by atoms with Gasteiger partial charge < -0.3 is 20.3 Å². The van der Waals surface area contributed by atoms with Gasteiger partial charge in [0.15, 0.2) is 0 Å². The molecule has 0 spiro atoms. The van der Waals surface area contributed by atoms with Gasteiger partial charge in [0.25, 0.3) is 0 Å². The lowest BCUT2D eigenvalue weighted by Crippen LogP contribution is -2.46. The van der Waals surface area contributed by atoms with E-state index in [1.807, 2.05) is 0 Å². The number of nitrogens with one attached hydrogen (secondary N) is 1. The highest BCUT2D eigenvalue weighted by Crippen LogP contribution is 2.18. The van der Waals surface area contributed by atoms with Crippen LogP contribution in [0.5, 0.6) is 0 Å². The number of allylic oxidation sites excluding steroid dienone is 4. The summed E-state index contributed by atoms with van der Waals surface area (Å²) in [5.41, 5.74) is 0. The van der Waals surface area contributed by atoms with Crippen molar-refractivity contribution < 1.29 is 24.5 Å². The Bertz CT molecular complexity index is 935. The molecular weight excluding hydrogens is 731 g/mol. The van der Waals surface area contributed by atoms with Crippen LogP contribution in [-0.2, 0) is 14.3 Å². The first-order valence-electron chi connectivity index (χ1n) is 26.1. The highest BCUT2D eigenvalue weighted by atomic mass is 16.5. The van der Waals surface area contributed by atoms with E-state index in [1.165, 1.54) is 173 Å². The number of aliphatic hydroxyl groups is 2. The number of ether oxygens (including phenoxy) is 1. The maximum atomic E-state index is 13.2. The molecule has 3 atom stereocenters. The van der Waals surface area contributed by atoms with Gasteiger partial charge in [0, 0.05) is 6.42 Å². The van der Waals surface area contributed by atoms with Crippen LogP contribution in [0.25, 0.3) is 0 Å². The van der Waals surface area contributed by atoms with Crippen molar-refractivity contribution in [2.24, 2.45) is 0 Å². The second kappa shape index (κ2) is 47.4. The zero-order valence-corrected chi connectivity index (χ0v) is 39.7. The molecule has 6 heteroatoms. The highest BCUT2D eigenvalue weighted by Gasteiger charge is 2.24. The smallest absolute Gasteiger partial charge is 0.306 e. The zero-order valence-electron chi connectivity index (χ0n) is 39.7. The Labute approximate surface area is 367 Å². The molecule has 3 N–H and O–H groups in total. The van der Waals surface area contributed by atoms with Gasteiger partial charge in [-0.3, -0.25) is 9.59 Å². The van der Waals surface area contributed by atoms with Crippen LogP contribution < -0.4 is 5.32 Å². The molecular formula is C53H101NO5. The quantitative estimate of drug-likeness (QED) is 0.0322. The Balaban J connectivity index is 4.38. The second-order valence-electron chi connectivity index (χ2n) is 17.9. The Hall–Kier alpha value is -1.66. The summed E-state index contributed by atoms with van der Waals surface area (Å²) in [6.07, 6.45) is 53.9. The van der Waals surface area contributed by atoms with Crippen molar-refractivity contribution in [3.8, 4) is 0 Å². The number of carbonyl (C=O) groups excluding carboxylic acids is 2. The first kappa shape index (κ1) is 57.3. The summed E-state index contributed by atoms with van der Waals surface area (Å²) in [5, 5.41) is 23.7. The van der Waals surface area contributed by atoms with Gasteiger partial charge in [-0.15, -0.1) is 0 Å². The molecule has 0 aromatic heterocycles. The minimum Gasteiger partial charge on any atom is -0.462 e. The van der Waals surface area contributed by atoms with Crippen molar-refractivity contribution in [1.29, 1.82) is 0 Å². The van der Waals surface area contributed by atoms with Crippen molar-refractivity contribution in [3.63, 3.8) is 0 Å². The summed E-state index contributed by atoms with van der Waals surface area (Å²) in [4.78, 5) is 26.0. The first-order chi connectivity index (χ1) is 29.0. The number of carbonyl (C=O) groups is 2. The van der Waals surface area contributed by atoms with Crippen LogP contribution in [0.15, 0.2) is 24.3 Å². The van der Waals surface area contributed by atoms with Gasteiger partial charge in [-0.25, -0.2) is 0 Å². The van der Waals surface area contributed by atoms with Crippen LogP contribution in [0.1, 0.15) is 278 Å². The average molecular weight is 832 g/mol. The van der Waals surface area contributed by atoms with Gasteiger partial charge in [-0.2, -0.15) is 0 Å². The maximum Gasteiger partial charge on any atom is 0.306 e. The molecule has 0 rings (SSSR count). The fourth-order valence-electron chi connectivity index (χ4n) is 8.05. The van der Waals surface area contributed by atoms with Crippen molar-refractivity contribution >= 4 is 11.9 Å². The van der Waals surface area contributed by atoms with Crippen LogP contribution >= 0.6 is 0 Å². The van der Waals surface area contributed by atoms with Crippen molar-refractivity contribution in [3.05, 3.63) is 24.3 Å². The summed E-state index contributed by atoms with van der Waals surface area (Å²) in [6.45, 7) is 6.45. The number of hydrogen-bond acceptors (Lipinski definition) is 5. The Kier molecular flexibility index (Phi) is 46.1. The van der Waals surface area contributed by atoms with Gasteiger partial charge in [0.2, 0.25) is 5.91 Å². The Morgan fingerprint density at radius 3 is 1.32 bits per heavy atom. The first-order valence-corrected chi connectivity index (χ1v) is 26.1. The average Bonchev–Trinajstić information content (AvgIpc) is 3.23. The lowest BCUT2D eigenvalue weighted by atomic mass is 10.0. The summed E-state index contributed by atoms with van der Waals surface area (Å²) >= 11 is 0. The van der Waals surface area contributed by atoms with E-state index in [4.69, 9.17) is 4.74 Å². The van der Waals surface area contributed by atoms with Crippen molar-refractivity contribution in [1.82, 2.24) is 5.32 Å². The van der Waals surface area contributed by atoms with Gasteiger partial charge in [0.05, 0.1) is 25.2 Å². The van der Waals surface area contributed by atoms with E-state index in [0.717, 1.165) is 57.8 Å². The van der Waals surface area contributed by atoms with Gasteiger partial charge in [-0.05, 0) is 57.8 Å². The monoisotopic (exact) mass is 832 g/mol. The summed E-state index contributed by atoms with van der Waals surface area (Å²) in [7, 11) is 0. The molecule has 0 saturated carbocycles. The topological polar surface area (TPSA) is 95.9 Å². The van der Waals surface area contributed by atoms with E-state index >= 15 is 0 Å². The lowest BCUT2D eigenvalue weighted by Gasteiger charge is -2.24. The molecule has 0 saturated heterocycles. The van der Waals surface area contributed by atoms with E-state index in [1.54, 1.807) is 0 Å². The van der Waals surface area contributed by atoms with Gasteiger partial charge in [0.1, 0.15) is 6.10 Å². The van der Waals surface area contributed by atoms with E-state index in [0.29, 0.717) is 19.3 Å². The summed E-state index contributed by atoms with van der Waals surface area (Å²) in [6, 6.07) is -0.697. The Morgan fingerprint density at radius 1 is 0.492 bits per heavy atom. The van der Waals surface area contributed by atoms with Crippen LogP contribution in [0.3, 0.4) is 0 Å². The third kappa shape index (κ3) is 42.8. The normalized spacial score (nSPS) is 13.4. The molecule has 0 aromatic rings. The van der Waals surface area contributed by atoms with Crippen LogP contribution in [0.4, 0.5) is 0 Å². The SMILES string of the molecule is CCCCC/C=C\C/C=C\CCCCCCCCCC(=O)OC(CCCCCCCCCC)CC(=O)NC(CO)C(O)CCCCCCCCCCCCCCCCC. The molecule has 0 fully saturated rings. The second-order valence-corrected chi connectivity index (χ2v) is 17.9. The molecule has 3 unspecified atom stereocenters. The molecule has 6 nitrogen and oxygen atoms in total. The number of aliphatic hydroxyl groups excluding tert-OH is 2. The number of esters is 1. The predicted molar refractivity (Wildman–Crippen MR) is 255 cm³/mol. The van der Waals surface area contributed by atoms with E-state index < -0.39 is 18.2 Å². The standard InChI is InChI=1S/C53H101NO5/c1-4-7-10-13-16-19-21-23-25-26-28-30-32-34-37-40-43-46-53(58)59-49(44-41-38-35-18-15-12-9-6-3)47-52(57)54-50(48-55)51(56)45-42-39-36-33-31-29-27-24-22-20-17-14-11-8-5-2/h16,19,23,25,49-51,55-56H,4-15,17-18,20-22,24,26-48H2,1-3H3,(H,54,57)/b19-16-,25-23-. The molecule has 59 heavy (non-hydrogen) atoms. The van der Waals surface area contributed by atoms with E-state index in [-0.39, 0.29) is 24.9 Å². The zero-order chi connectivity index (χ0) is 43.1. The van der Waals surface area contributed by atoms with Crippen LogP contribution in [-0.4, -0.2) is 46.9 Å². The molecule has 0 heterocycles. The molecule has 0 aliphatic heterocycles. The number of unbranched alkanes of at least 4 members (excludes halogenated alkanes) is 31. The minimum absolute atomic E-state index is 0.0787. The fourth-order valence-corrected chi connectivity index (χ4v) is 8.05. The Morgan fingerprint density at radius 2 is 0.864 bits per heavy atom. The maximum absolute atomic E-state index is 13.2. The van der Waals surface area contributed by atoms with Crippen molar-refractivity contribution in [2.75, 3.05) is 6.61 Å². The fraction of sp³-hybridized carbons (Fsp3) is 0.887. The number of rotatable bonds is 47. The lowest BCUT2D eigenvalue weighted by molar-refractivity contribution is -0.151. The number of hydrogen-bond donors (Lipinski definition) is 3. The van der Waals surface area contributed by atoms with Gasteiger partial charge in [-0.1, -0.05) is 231 Å². The summed E-state index contributed by atoms with van der Waals surface area (Å²) in [5.74, 6) is -0.473. The third-order valence-electron chi connectivity index (χ3n) is 12.0. The molecule has 0 aliphatic carbocycles. The molecule has 0 aromatic carbocycles. The predicted octanol–water partition coefficient (Wildman–Crippen LogP) is 15.5. The molecule has 0 radical (unpaired) electrons. The molecule has 0 aliphatic rings. The highest BCUT2D eigenvalue weighted by molar-refractivity contribution is 5.77. The molecule has 1 amide bonds. The third-order valence-corrected chi connectivity index (χ3v) is 12.0. The van der Waals surface area contributed by atoms with Gasteiger partial charge >= 0.3 is 5.97 Å². The van der Waals surface area contributed by atoms with Crippen LogP contribution in [0, 0.1) is 0 Å². The van der Waals surface area contributed by atoms with E-state index in [9.17, 15) is 19.8 Å². The van der Waals surface area contributed by atoms with Crippen LogP contribution in [0.2, 0.25) is 0 Å². The van der Waals surface area contributed by atoms with Crippen molar-refractivity contribution in [2.45, 2.75) is 296 Å². The summed E-state index contributed by atoms with van der Waals surface area (Å²) < 4.78 is 5.91. The molecule has 0 bridgehead atoms. The largest absolute Gasteiger partial charge is 0.462 e. The number of amides is 1. The van der Waals surface area contributed by atoms with E-state index in [2.05, 4.69) is 50.4 Å².